The molecule has 112 valence electrons. The Hall–Kier alpha value is -2.85. The molecular weight excluding hydrogens is 274 g/mol. The molecule has 0 saturated heterocycles. The molecule has 0 bridgehead atoms. The third-order valence-electron chi connectivity index (χ3n) is 1.98. The lowest BCUT2D eigenvalue weighted by Crippen LogP contribution is -2.53. The average Bonchev–Trinajstić information content (AvgIpc) is 2.24. The van der Waals surface area contributed by atoms with Crippen LogP contribution in [0.5, 0.6) is 0 Å². The maximum absolute atomic E-state index is 11.7. The minimum Gasteiger partial charge on any atom is -0.480 e. The summed E-state index contributed by atoms with van der Waals surface area (Å²) in [6.45, 7) is -1.28. The van der Waals surface area contributed by atoms with Crippen molar-refractivity contribution in [3.8, 4) is 0 Å². The Morgan fingerprint density at radius 2 is 1.40 bits per heavy atom. The number of primary amides is 3. The second-order valence-electron chi connectivity index (χ2n) is 3.80. The van der Waals surface area contributed by atoms with Crippen molar-refractivity contribution in [3.05, 3.63) is 0 Å². The summed E-state index contributed by atoms with van der Waals surface area (Å²) >= 11 is 0. The predicted octanol–water partition coefficient (Wildman–Crippen LogP) is -3.70. The Kier molecular flexibility index (Phi) is 6.48. The predicted molar refractivity (Wildman–Crippen MR) is 63.7 cm³/mol. The van der Waals surface area contributed by atoms with E-state index in [0.717, 1.165) is 0 Å². The van der Waals surface area contributed by atoms with Crippen LogP contribution < -0.4 is 22.5 Å². The average molecular weight is 289 g/mol. The molecule has 0 aromatic rings. The largest absolute Gasteiger partial charge is 0.480 e. The molecule has 0 aromatic carbocycles. The number of carbonyl (C=O) groups excluding carboxylic acids is 4. The SMILES string of the molecule is NC(=O)C[C@H](NC(=O)N(CC(N)=O)CC(N)=O)C(=O)O. The molecule has 0 spiro atoms. The molecule has 0 aliphatic carbocycles. The van der Waals surface area contributed by atoms with Crippen LogP contribution in [0.3, 0.4) is 0 Å². The van der Waals surface area contributed by atoms with Crippen LogP contribution in [0.1, 0.15) is 6.42 Å². The van der Waals surface area contributed by atoms with Crippen molar-refractivity contribution in [3.63, 3.8) is 0 Å². The van der Waals surface area contributed by atoms with Crippen molar-refractivity contribution in [1.29, 1.82) is 0 Å². The molecule has 0 saturated carbocycles. The number of carbonyl (C=O) groups is 5. The van der Waals surface area contributed by atoms with E-state index in [9.17, 15) is 24.0 Å². The van der Waals surface area contributed by atoms with Crippen LogP contribution in [0.25, 0.3) is 0 Å². The fraction of sp³-hybridized carbons (Fsp3) is 0.444. The number of nitrogens with two attached hydrogens (primary N) is 3. The lowest BCUT2D eigenvalue weighted by molar-refractivity contribution is -0.140. The summed E-state index contributed by atoms with van der Waals surface area (Å²) in [6, 6.07) is -2.68. The van der Waals surface area contributed by atoms with Crippen LogP contribution in [0.2, 0.25) is 0 Å². The lowest BCUT2D eigenvalue weighted by Gasteiger charge is -2.22. The highest BCUT2D eigenvalue weighted by Gasteiger charge is 2.26. The first-order valence-electron chi connectivity index (χ1n) is 5.26. The molecule has 0 rings (SSSR count). The summed E-state index contributed by atoms with van der Waals surface area (Å²) in [6.07, 6.45) is -0.651. The van der Waals surface area contributed by atoms with Gasteiger partial charge in [0.05, 0.1) is 6.42 Å². The molecule has 0 heterocycles. The quantitative estimate of drug-likeness (QED) is 0.304. The highest BCUT2D eigenvalue weighted by atomic mass is 16.4. The van der Waals surface area contributed by atoms with E-state index in [1.54, 1.807) is 0 Å². The molecule has 11 nitrogen and oxygen atoms in total. The van der Waals surface area contributed by atoms with Gasteiger partial charge in [-0.1, -0.05) is 0 Å². The van der Waals surface area contributed by atoms with E-state index in [1.807, 2.05) is 5.32 Å². The first-order valence-corrected chi connectivity index (χ1v) is 5.26. The second-order valence-corrected chi connectivity index (χ2v) is 3.80. The molecule has 0 aliphatic heterocycles. The zero-order valence-electron chi connectivity index (χ0n) is 10.4. The molecule has 20 heavy (non-hydrogen) atoms. The number of aliphatic carboxylic acids is 1. The smallest absolute Gasteiger partial charge is 0.326 e. The lowest BCUT2D eigenvalue weighted by atomic mass is 10.2. The number of carboxylic acids is 1. The molecule has 8 N–H and O–H groups in total. The third-order valence-corrected chi connectivity index (χ3v) is 1.98. The van der Waals surface area contributed by atoms with Crippen LogP contribution in [0.4, 0.5) is 4.79 Å². The minimum absolute atomic E-state index is 0.613. The first-order chi connectivity index (χ1) is 9.13. The summed E-state index contributed by atoms with van der Waals surface area (Å²) in [5.74, 6) is -4.31. The fourth-order valence-electron chi connectivity index (χ4n) is 1.22. The van der Waals surface area contributed by atoms with Gasteiger partial charge >= 0.3 is 12.0 Å². The van der Waals surface area contributed by atoms with Gasteiger partial charge in [-0.3, -0.25) is 14.4 Å². The number of hydrogen-bond donors (Lipinski definition) is 5. The Balaban J connectivity index is 4.85. The molecule has 5 amide bonds. The highest BCUT2D eigenvalue weighted by Crippen LogP contribution is 1.96. The van der Waals surface area contributed by atoms with E-state index >= 15 is 0 Å². The Morgan fingerprint density at radius 3 is 1.70 bits per heavy atom. The van der Waals surface area contributed by atoms with Gasteiger partial charge in [0.2, 0.25) is 17.7 Å². The number of carboxylic acid groups (broad SMARTS) is 1. The van der Waals surface area contributed by atoms with Gasteiger partial charge in [-0.15, -0.1) is 0 Å². The van der Waals surface area contributed by atoms with Gasteiger partial charge in [0.25, 0.3) is 0 Å². The summed E-state index contributed by atoms with van der Waals surface area (Å²) < 4.78 is 0. The van der Waals surface area contributed by atoms with Crippen LogP contribution in [-0.4, -0.2) is 58.9 Å². The number of nitrogens with one attached hydrogen (secondary N) is 1. The Morgan fingerprint density at radius 1 is 0.950 bits per heavy atom. The molecule has 0 unspecified atom stereocenters. The van der Waals surface area contributed by atoms with E-state index in [4.69, 9.17) is 22.3 Å². The van der Waals surface area contributed by atoms with Gasteiger partial charge in [0.15, 0.2) is 0 Å². The first kappa shape index (κ1) is 17.2. The van der Waals surface area contributed by atoms with Crippen molar-refractivity contribution < 1.29 is 29.1 Å². The number of nitrogens with zero attached hydrogens (tertiary/aromatic N) is 1. The Bertz CT molecular complexity index is 421. The second kappa shape index (κ2) is 7.56. The Labute approximate surface area is 113 Å². The van der Waals surface area contributed by atoms with Crippen molar-refractivity contribution in [2.75, 3.05) is 13.1 Å². The van der Waals surface area contributed by atoms with Crippen molar-refractivity contribution in [2.24, 2.45) is 17.2 Å². The summed E-state index contributed by atoms with van der Waals surface area (Å²) in [7, 11) is 0. The van der Waals surface area contributed by atoms with E-state index < -0.39 is 55.3 Å². The number of urea groups is 1. The van der Waals surface area contributed by atoms with Crippen LogP contribution in [0, 0.1) is 0 Å². The summed E-state index contributed by atoms with van der Waals surface area (Å²) in [5, 5.41) is 10.7. The van der Waals surface area contributed by atoms with Gasteiger partial charge in [0.1, 0.15) is 19.1 Å². The van der Waals surface area contributed by atoms with Gasteiger partial charge < -0.3 is 32.5 Å². The standard InChI is InChI=1S/C9H15N5O6/c10-5(15)1-4(8(18)19)13-9(20)14(2-6(11)16)3-7(12)17/h4H,1-3H2,(H2,10,15)(H2,11,16)(H2,12,17)(H,13,20)(H,18,19)/t4-/m0/s1. The van der Waals surface area contributed by atoms with E-state index in [1.165, 1.54) is 0 Å². The van der Waals surface area contributed by atoms with Crippen LogP contribution in [0.15, 0.2) is 0 Å². The number of hydrogen-bond acceptors (Lipinski definition) is 5. The van der Waals surface area contributed by atoms with Crippen LogP contribution >= 0.6 is 0 Å². The monoisotopic (exact) mass is 289 g/mol. The number of rotatable bonds is 8. The van der Waals surface area contributed by atoms with Crippen molar-refractivity contribution in [2.45, 2.75) is 12.5 Å². The van der Waals surface area contributed by atoms with Crippen molar-refractivity contribution >= 4 is 29.7 Å². The molecular formula is C9H15N5O6. The van der Waals surface area contributed by atoms with Gasteiger partial charge in [-0.05, 0) is 0 Å². The summed E-state index contributed by atoms with van der Waals surface area (Å²) in [5.41, 5.74) is 14.6. The molecule has 0 aromatic heterocycles. The molecule has 1 atom stereocenters. The van der Waals surface area contributed by atoms with E-state index in [0.29, 0.717) is 4.90 Å². The summed E-state index contributed by atoms with van der Waals surface area (Å²) in [4.78, 5) is 55.3. The van der Waals surface area contributed by atoms with Gasteiger partial charge in [0, 0.05) is 0 Å². The van der Waals surface area contributed by atoms with E-state index in [-0.39, 0.29) is 0 Å². The van der Waals surface area contributed by atoms with E-state index in [2.05, 4.69) is 0 Å². The molecule has 0 fully saturated rings. The zero-order chi connectivity index (χ0) is 15.9. The van der Waals surface area contributed by atoms with Gasteiger partial charge in [-0.25, -0.2) is 9.59 Å². The maximum Gasteiger partial charge on any atom is 0.326 e. The number of amides is 5. The van der Waals surface area contributed by atoms with Crippen molar-refractivity contribution in [1.82, 2.24) is 10.2 Å². The third kappa shape index (κ3) is 6.78. The van der Waals surface area contributed by atoms with Gasteiger partial charge in [-0.2, -0.15) is 0 Å². The normalized spacial score (nSPS) is 11.2. The fourth-order valence-corrected chi connectivity index (χ4v) is 1.22. The zero-order valence-corrected chi connectivity index (χ0v) is 10.4. The highest BCUT2D eigenvalue weighted by molar-refractivity contribution is 5.91. The topological polar surface area (TPSA) is 199 Å². The van der Waals surface area contributed by atoms with Crippen LogP contribution in [-0.2, 0) is 19.2 Å². The maximum atomic E-state index is 11.7. The molecule has 11 heteroatoms. The molecule has 0 radical (unpaired) electrons. The minimum atomic E-state index is -1.59. The molecule has 0 aliphatic rings.